The lowest BCUT2D eigenvalue weighted by molar-refractivity contribution is -0.124. The Hall–Kier alpha value is -1.35. The van der Waals surface area contributed by atoms with Crippen molar-refractivity contribution < 1.29 is 4.79 Å². The minimum Gasteiger partial charge on any atom is -0.327 e. The number of rotatable bonds is 1. The number of para-hydroxylation sites is 1. The number of anilines is 1. The van der Waals surface area contributed by atoms with Gasteiger partial charge in [-0.2, -0.15) is 0 Å². The fraction of sp³-hybridized carbons (Fsp3) is 0.611. The summed E-state index contributed by atoms with van der Waals surface area (Å²) in [6, 6.07) is 6.48. The number of aryl methyl sites for hydroxylation is 2. The number of hydrogen-bond acceptors (Lipinski definition) is 2. The molecule has 21 heavy (non-hydrogen) atoms. The third-order valence-corrected chi connectivity index (χ3v) is 5.95. The summed E-state index contributed by atoms with van der Waals surface area (Å²) in [5.41, 5.74) is 10.1. The molecule has 2 saturated carbocycles. The average molecular weight is 284 g/mol. The number of hydrogen-bond donors (Lipinski definition) is 1. The number of amides is 1. The second kappa shape index (κ2) is 4.84. The number of carbonyl (C=O) groups is 1. The summed E-state index contributed by atoms with van der Waals surface area (Å²) in [5, 5.41) is 0. The van der Waals surface area contributed by atoms with Crippen molar-refractivity contribution in [3.05, 3.63) is 29.3 Å². The first kappa shape index (κ1) is 13.3. The molecule has 4 atom stereocenters. The Morgan fingerprint density at radius 3 is 2.86 bits per heavy atom. The van der Waals surface area contributed by atoms with Crippen molar-refractivity contribution in [2.24, 2.45) is 23.5 Å². The highest BCUT2D eigenvalue weighted by Gasteiger charge is 2.50. The van der Waals surface area contributed by atoms with E-state index >= 15 is 0 Å². The van der Waals surface area contributed by atoms with Crippen LogP contribution in [0.25, 0.3) is 0 Å². The van der Waals surface area contributed by atoms with Gasteiger partial charge >= 0.3 is 0 Å². The van der Waals surface area contributed by atoms with Gasteiger partial charge in [-0.05, 0) is 62.0 Å². The van der Waals surface area contributed by atoms with Crippen LogP contribution in [0.4, 0.5) is 5.69 Å². The van der Waals surface area contributed by atoms with E-state index in [-0.39, 0.29) is 12.0 Å². The molecule has 2 bridgehead atoms. The van der Waals surface area contributed by atoms with Gasteiger partial charge < -0.3 is 10.6 Å². The monoisotopic (exact) mass is 284 g/mol. The van der Waals surface area contributed by atoms with Crippen LogP contribution in [0, 0.1) is 24.7 Å². The van der Waals surface area contributed by atoms with Crippen molar-refractivity contribution in [3.8, 4) is 0 Å². The molecule has 3 nitrogen and oxygen atoms in total. The summed E-state index contributed by atoms with van der Waals surface area (Å²) >= 11 is 0. The molecule has 1 heterocycles. The topological polar surface area (TPSA) is 46.3 Å². The molecule has 2 fully saturated rings. The van der Waals surface area contributed by atoms with Crippen LogP contribution in [0.3, 0.4) is 0 Å². The highest BCUT2D eigenvalue weighted by atomic mass is 16.2. The van der Waals surface area contributed by atoms with E-state index in [1.807, 2.05) is 0 Å². The Morgan fingerprint density at radius 2 is 2.10 bits per heavy atom. The Labute approximate surface area is 126 Å². The van der Waals surface area contributed by atoms with E-state index in [0.717, 1.165) is 19.4 Å². The van der Waals surface area contributed by atoms with Crippen LogP contribution in [-0.4, -0.2) is 18.5 Å². The van der Waals surface area contributed by atoms with Gasteiger partial charge in [0.1, 0.15) is 0 Å². The van der Waals surface area contributed by atoms with Gasteiger partial charge in [-0.15, -0.1) is 0 Å². The predicted octanol–water partition coefficient (Wildman–Crippen LogP) is 2.65. The number of nitrogens with two attached hydrogens (primary N) is 1. The zero-order chi connectivity index (χ0) is 14.6. The number of benzene rings is 1. The summed E-state index contributed by atoms with van der Waals surface area (Å²) in [5.74, 6) is 1.48. The molecule has 0 aromatic heterocycles. The molecule has 4 unspecified atom stereocenters. The summed E-state index contributed by atoms with van der Waals surface area (Å²) in [6.07, 6.45) is 5.75. The summed E-state index contributed by atoms with van der Waals surface area (Å²) < 4.78 is 0. The molecule has 3 heteroatoms. The van der Waals surface area contributed by atoms with E-state index in [1.165, 1.54) is 36.1 Å². The first-order valence-electron chi connectivity index (χ1n) is 8.32. The van der Waals surface area contributed by atoms with Gasteiger partial charge in [0, 0.05) is 18.3 Å². The van der Waals surface area contributed by atoms with Gasteiger partial charge in [0.2, 0.25) is 5.91 Å². The van der Waals surface area contributed by atoms with E-state index in [9.17, 15) is 4.79 Å². The van der Waals surface area contributed by atoms with Crippen molar-refractivity contribution in [2.45, 2.75) is 45.1 Å². The largest absolute Gasteiger partial charge is 0.327 e. The molecule has 1 aliphatic heterocycles. The van der Waals surface area contributed by atoms with E-state index in [2.05, 4.69) is 30.0 Å². The van der Waals surface area contributed by atoms with Gasteiger partial charge in [0.25, 0.3) is 0 Å². The van der Waals surface area contributed by atoms with Crippen LogP contribution < -0.4 is 10.6 Å². The molecular weight excluding hydrogens is 260 g/mol. The Balaban J connectivity index is 1.68. The van der Waals surface area contributed by atoms with E-state index in [0.29, 0.717) is 17.7 Å². The van der Waals surface area contributed by atoms with Crippen LogP contribution in [0.5, 0.6) is 0 Å². The van der Waals surface area contributed by atoms with E-state index < -0.39 is 0 Å². The summed E-state index contributed by atoms with van der Waals surface area (Å²) in [6.45, 7) is 2.97. The Kier molecular flexibility index (Phi) is 3.07. The molecular formula is C18H24N2O. The molecule has 0 spiro atoms. The molecule has 3 aliphatic rings. The van der Waals surface area contributed by atoms with Crippen molar-refractivity contribution in [2.75, 3.05) is 11.4 Å². The first-order valence-corrected chi connectivity index (χ1v) is 8.32. The van der Waals surface area contributed by atoms with Crippen LogP contribution in [0.15, 0.2) is 18.2 Å². The van der Waals surface area contributed by atoms with Gasteiger partial charge in [0.05, 0.1) is 5.92 Å². The van der Waals surface area contributed by atoms with Crippen LogP contribution >= 0.6 is 0 Å². The molecule has 1 amide bonds. The zero-order valence-corrected chi connectivity index (χ0v) is 12.7. The standard InChI is InChI=1S/C18H24N2O/c1-11-4-2-5-12-6-3-9-20(17(11)12)18(21)15-13-7-8-14(10-13)16(15)19/h2,4-5,13-16H,3,6-10,19H2,1H3. The third kappa shape index (κ3) is 1.94. The van der Waals surface area contributed by atoms with Crippen molar-refractivity contribution in [1.29, 1.82) is 0 Å². The highest BCUT2D eigenvalue weighted by molar-refractivity contribution is 5.97. The van der Waals surface area contributed by atoms with Crippen molar-refractivity contribution >= 4 is 11.6 Å². The maximum atomic E-state index is 13.2. The maximum Gasteiger partial charge on any atom is 0.231 e. The maximum absolute atomic E-state index is 13.2. The summed E-state index contributed by atoms with van der Waals surface area (Å²) in [7, 11) is 0. The number of carbonyl (C=O) groups excluding carboxylic acids is 1. The van der Waals surface area contributed by atoms with Crippen LogP contribution in [0.2, 0.25) is 0 Å². The van der Waals surface area contributed by atoms with E-state index in [1.54, 1.807) is 0 Å². The highest BCUT2D eigenvalue weighted by Crippen LogP contribution is 2.49. The third-order valence-electron chi connectivity index (χ3n) is 5.95. The van der Waals surface area contributed by atoms with Crippen LogP contribution in [-0.2, 0) is 11.2 Å². The Morgan fingerprint density at radius 1 is 1.29 bits per heavy atom. The molecule has 1 aromatic rings. The first-order chi connectivity index (χ1) is 10.2. The second-order valence-electron chi connectivity index (χ2n) is 7.11. The normalized spacial score (nSPS) is 34.1. The lowest BCUT2D eigenvalue weighted by Gasteiger charge is -2.36. The average Bonchev–Trinajstić information content (AvgIpc) is 3.07. The molecule has 1 aromatic carbocycles. The number of nitrogens with zero attached hydrogens (tertiary/aromatic N) is 1. The molecule has 0 radical (unpaired) electrons. The van der Waals surface area contributed by atoms with Crippen LogP contribution in [0.1, 0.15) is 36.8 Å². The molecule has 4 rings (SSSR count). The molecule has 2 aliphatic carbocycles. The number of fused-ring (bicyclic) bond motifs is 3. The molecule has 2 N–H and O–H groups in total. The fourth-order valence-corrected chi connectivity index (χ4v) is 4.95. The SMILES string of the molecule is Cc1cccc2c1N(C(=O)C1C3CCC(C3)C1N)CCC2. The van der Waals surface area contributed by atoms with Crippen molar-refractivity contribution in [3.63, 3.8) is 0 Å². The van der Waals surface area contributed by atoms with Gasteiger partial charge in [-0.3, -0.25) is 4.79 Å². The van der Waals surface area contributed by atoms with E-state index in [4.69, 9.17) is 5.73 Å². The lowest BCUT2D eigenvalue weighted by atomic mass is 9.83. The van der Waals surface area contributed by atoms with Gasteiger partial charge in [-0.25, -0.2) is 0 Å². The summed E-state index contributed by atoms with van der Waals surface area (Å²) in [4.78, 5) is 15.2. The predicted molar refractivity (Wildman–Crippen MR) is 84.1 cm³/mol. The van der Waals surface area contributed by atoms with Crippen molar-refractivity contribution in [1.82, 2.24) is 0 Å². The molecule has 112 valence electrons. The minimum atomic E-state index is 0.0642. The smallest absolute Gasteiger partial charge is 0.231 e. The lowest BCUT2D eigenvalue weighted by Crippen LogP contribution is -2.48. The quantitative estimate of drug-likeness (QED) is 0.861. The molecule has 0 saturated heterocycles. The Bertz CT molecular complexity index is 581. The second-order valence-corrected chi connectivity index (χ2v) is 7.11. The van der Waals surface area contributed by atoms with Gasteiger partial charge in [0.15, 0.2) is 0 Å². The zero-order valence-electron chi connectivity index (χ0n) is 12.7. The van der Waals surface area contributed by atoms with Gasteiger partial charge in [-0.1, -0.05) is 18.2 Å². The minimum absolute atomic E-state index is 0.0642. The fourth-order valence-electron chi connectivity index (χ4n) is 4.95.